The summed E-state index contributed by atoms with van der Waals surface area (Å²) >= 11 is 0. The zero-order valence-corrected chi connectivity index (χ0v) is 12.0. The van der Waals surface area contributed by atoms with Gasteiger partial charge < -0.3 is 15.4 Å². The second-order valence-corrected chi connectivity index (χ2v) is 5.05. The Morgan fingerprint density at radius 1 is 1.21 bits per heavy atom. The molecule has 106 valence electrons. The Balaban J connectivity index is 2.23. The van der Waals surface area contributed by atoms with Gasteiger partial charge in [-0.2, -0.15) is 0 Å². The maximum absolute atomic E-state index is 11.5. The van der Waals surface area contributed by atoms with Crippen LogP contribution >= 0.6 is 0 Å². The lowest BCUT2D eigenvalue weighted by molar-refractivity contribution is -0.120. The number of methoxy groups -OCH3 is 1. The molecule has 0 aliphatic heterocycles. The fraction of sp³-hybridized carbons (Fsp3) is 0.533. The molecule has 0 atom stereocenters. The first kappa shape index (κ1) is 15.7. The molecule has 4 nitrogen and oxygen atoms in total. The molecule has 0 heterocycles. The van der Waals surface area contributed by atoms with Gasteiger partial charge in [0.15, 0.2) is 0 Å². The molecule has 0 unspecified atom stereocenters. The van der Waals surface area contributed by atoms with Crippen LogP contribution < -0.4 is 10.6 Å². The molecule has 0 radical (unpaired) electrons. The predicted molar refractivity (Wildman–Crippen MR) is 76.7 cm³/mol. The molecule has 0 saturated carbocycles. The van der Waals surface area contributed by atoms with E-state index in [1.54, 1.807) is 7.11 Å². The summed E-state index contributed by atoms with van der Waals surface area (Å²) in [5.41, 5.74) is 2.32. The Labute approximate surface area is 115 Å². The topological polar surface area (TPSA) is 50.4 Å². The molecule has 0 aromatic heterocycles. The Hall–Kier alpha value is -1.39. The quantitative estimate of drug-likeness (QED) is 0.751. The number of carbonyl (C=O) groups excluding carboxylic acids is 1. The van der Waals surface area contributed by atoms with E-state index >= 15 is 0 Å². The molecule has 0 aliphatic carbocycles. The number of amides is 1. The van der Waals surface area contributed by atoms with Crippen LogP contribution in [0.4, 0.5) is 0 Å². The maximum Gasteiger partial charge on any atom is 0.233 e. The molecule has 0 aliphatic rings. The van der Waals surface area contributed by atoms with Crippen LogP contribution in [0.1, 0.15) is 25.0 Å². The minimum Gasteiger partial charge on any atom is -0.380 e. The fourth-order valence-electron chi connectivity index (χ4n) is 1.62. The minimum absolute atomic E-state index is 0.0460. The number of rotatable bonds is 8. The van der Waals surface area contributed by atoms with E-state index in [4.69, 9.17) is 4.74 Å². The monoisotopic (exact) mass is 264 g/mol. The van der Waals surface area contributed by atoms with E-state index < -0.39 is 0 Å². The van der Waals surface area contributed by atoms with Gasteiger partial charge in [-0.15, -0.1) is 0 Å². The van der Waals surface area contributed by atoms with Crippen molar-refractivity contribution in [2.75, 3.05) is 20.2 Å². The minimum atomic E-state index is 0.0460. The van der Waals surface area contributed by atoms with Gasteiger partial charge in [0.2, 0.25) is 5.91 Å². The number of carbonyl (C=O) groups is 1. The first-order chi connectivity index (χ1) is 9.11. The number of benzene rings is 1. The highest BCUT2D eigenvalue weighted by Crippen LogP contribution is 2.05. The third-order valence-electron chi connectivity index (χ3n) is 2.66. The van der Waals surface area contributed by atoms with Gasteiger partial charge in [0, 0.05) is 20.2 Å². The van der Waals surface area contributed by atoms with Crippen molar-refractivity contribution in [1.29, 1.82) is 0 Å². The number of nitrogens with one attached hydrogen (secondary N) is 2. The van der Waals surface area contributed by atoms with Crippen LogP contribution in [-0.4, -0.2) is 26.1 Å². The summed E-state index contributed by atoms with van der Waals surface area (Å²) in [6.45, 7) is 6.57. The summed E-state index contributed by atoms with van der Waals surface area (Å²) in [5, 5.41) is 6.01. The molecule has 4 heteroatoms. The van der Waals surface area contributed by atoms with Crippen molar-refractivity contribution in [3.8, 4) is 0 Å². The molecular weight excluding hydrogens is 240 g/mol. The van der Waals surface area contributed by atoms with Crippen LogP contribution in [0.3, 0.4) is 0 Å². The summed E-state index contributed by atoms with van der Waals surface area (Å²) in [7, 11) is 1.69. The summed E-state index contributed by atoms with van der Waals surface area (Å²) in [4.78, 5) is 11.5. The highest BCUT2D eigenvalue weighted by atomic mass is 16.5. The number of hydrogen-bond acceptors (Lipinski definition) is 3. The van der Waals surface area contributed by atoms with Crippen molar-refractivity contribution in [2.45, 2.75) is 27.0 Å². The molecule has 1 aromatic rings. The molecule has 19 heavy (non-hydrogen) atoms. The van der Waals surface area contributed by atoms with Crippen LogP contribution in [0.15, 0.2) is 24.3 Å². The van der Waals surface area contributed by atoms with Gasteiger partial charge in [0.05, 0.1) is 13.2 Å². The Morgan fingerprint density at radius 2 is 1.84 bits per heavy atom. The van der Waals surface area contributed by atoms with Crippen molar-refractivity contribution in [3.63, 3.8) is 0 Å². The predicted octanol–water partition coefficient (Wildman–Crippen LogP) is 1.69. The zero-order valence-electron chi connectivity index (χ0n) is 12.0. The third-order valence-corrected chi connectivity index (χ3v) is 2.66. The largest absolute Gasteiger partial charge is 0.380 e. The van der Waals surface area contributed by atoms with Crippen molar-refractivity contribution >= 4 is 5.91 Å². The van der Waals surface area contributed by atoms with Crippen LogP contribution in [0.25, 0.3) is 0 Å². The van der Waals surface area contributed by atoms with Gasteiger partial charge in [-0.05, 0) is 17.0 Å². The van der Waals surface area contributed by atoms with E-state index in [-0.39, 0.29) is 5.91 Å². The van der Waals surface area contributed by atoms with Gasteiger partial charge in [-0.1, -0.05) is 38.1 Å². The molecular formula is C15H24N2O2. The van der Waals surface area contributed by atoms with E-state index in [2.05, 4.69) is 24.5 Å². The number of hydrogen-bond donors (Lipinski definition) is 2. The van der Waals surface area contributed by atoms with Gasteiger partial charge in [-0.3, -0.25) is 4.79 Å². The number of ether oxygens (including phenoxy) is 1. The normalized spacial score (nSPS) is 10.7. The molecule has 0 saturated heterocycles. The van der Waals surface area contributed by atoms with E-state index in [1.807, 2.05) is 24.3 Å². The van der Waals surface area contributed by atoms with Crippen molar-refractivity contribution < 1.29 is 9.53 Å². The van der Waals surface area contributed by atoms with Gasteiger partial charge in [0.1, 0.15) is 0 Å². The van der Waals surface area contributed by atoms with Gasteiger partial charge >= 0.3 is 0 Å². The smallest absolute Gasteiger partial charge is 0.233 e. The van der Waals surface area contributed by atoms with E-state index in [0.717, 1.165) is 17.7 Å². The molecule has 1 rings (SSSR count). The van der Waals surface area contributed by atoms with Gasteiger partial charge in [0.25, 0.3) is 0 Å². The van der Waals surface area contributed by atoms with E-state index in [0.29, 0.717) is 25.6 Å². The second-order valence-electron chi connectivity index (χ2n) is 5.05. The fourth-order valence-corrected chi connectivity index (χ4v) is 1.62. The standard InChI is InChI=1S/C15H24N2O2/c1-12(2)8-17-15(18)10-16-9-13-4-6-14(7-5-13)11-19-3/h4-7,12,16H,8-11H2,1-3H3,(H,17,18). The van der Waals surface area contributed by atoms with Crippen LogP contribution in [-0.2, 0) is 22.7 Å². The first-order valence-corrected chi connectivity index (χ1v) is 6.66. The summed E-state index contributed by atoms with van der Waals surface area (Å²) < 4.78 is 5.06. The Morgan fingerprint density at radius 3 is 2.42 bits per heavy atom. The molecule has 0 fully saturated rings. The molecule has 0 spiro atoms. The van der Waals surface area contributed by atoms with Crippen molar-refractivity contribution in [2.24, 2.45) is 5.92 Å². The summed E-state index contributed by atoms with van der Waals surface area (Å²) in [6, 6.07) is 8.18. The van der Waals surface area contributed by atoms with Gasteiger partial charge in [-0.25, -0.2) is 0 Å². The van der Waals surface area contributed by atoms with Crippen molar-refractivity contribution in [3.05, 3.63) is 35.4 Å². The molecule has 1 amide bonds. The summed E-state index contributed by atoms with van der Waals surface area (Å²) in [5.74, 6) is 0.530. The molecule has 0 bridgehead atoms. The lowest BCUT2D eigenvalue weighted by atomic mass is 10.1. The van der Waals surface area contributed by atoms with Crippen LogP contribution in [0, 0.1) is 5.92 Å². The Kier molecular flexibility index (Phi) is 7.15. The Bertz CT molecular complexity index is 374. The van der Waals surface area contributed by atoms with Crippen LogP contribution in [0.2, 0.25) is 0 Å². The third kappa shape index (κ3) is 6.94. The zero-order chi connectivity index (χ0) is 14.1. The maximum atomic E-state index is 11.5. The molecule has 1 aromatic carbocycles. The average Bonchev–Trinajstić information content (AvgIpc) is 2.39. The first-order valence-electron chi connectivity index (χ1n) is 6.66. The summed E-state index contributed by atoms with van der Waals surface area (Å²) in [6.07, 6.45) is 0. The average molecular weight is 264 g/mol. The second kappa shape index (κ2) is 8.67. The van der Waals surface area contributed by atoms with E-state index in [1.165, 1.54) is 0 Å². The van der Waals surface area contributed by atoms with E-state index in [9.17, 15) is 4.79 Å². The lowest BCUT2D eigenvalue weighted by Crippen LogP contribution is -2.35. The highest BCUT2D eigenvalue weighted by Gasteiger charge is 2.01. The van der Waals surface area contributed by atoms with Crippen LogP contribution in [0.5, 0.6) is 0 Å². The lowest BCUT2D eigenvalue weighted by Gasteiger charge is -2.09. The highest BCUT2D eigenvalue weighted by molar-refractivity contribution is 5.77. The van der Waals surface area contributed by atoms with Crippen molar-refractivity contribution in [1.82, 2.24) is 10.6 Å². The molecule has 2 N–H and O–H groups in total. The SMILES string of the molecule is COCc1ccc(CNCC(=O)NCC(C)C)cc1.